The maximum absolute atomic E-state index is 13.7. The number of halogens is 3. The van der Waals surface area contributed by atoms with Crippen molar-refractivity contribution in [2.24, 2.45) is 0 Å². The summed E-state index contributed by atoms with van der Waals surface area (Å²) in [6.45, 7) is 8.19. The molecule has 3 aromatic rings. The average molecular weight is 452 g/mol. The van der Waals surface area contributed by atoms with Crippen LogP contribution in [0.1, 0.15) is 33.4 Å². The number of hydrogen-bond acceptors (Lipinski definition) is 6. The van der Waals surface area contributed by atoms with Crippen LogP contribution in [0.15, 0.2) is 43.1 Å². The van der Waals surface area contributed by atoms with Gasteiger partial charge in [0.1, 0.15) is 11.4 Å². The van der Waals surface area contributed by atoms with E-state index in [1.54, 1.807) is 12.1 Å². The summed E-state index contributed by atoms with van der Waals surface area (Å²) in [5.41, 5.74) is 6.14. The summed E-state index contributed by atoms with van der Waals surface area (Å²) in [6.07, 6.45) is -2.85. The van der Waals surface area contributed by atoms with Crippen molar-refractivity contribution in [1.29, 1.82) is 0 Å². The van der Waals surface area contributed by atoms with Gasteiger partial charge in [0, 0.05) is 41.9 Å². The van der Waals surface area contributed by atoms with Crippen LogP contribution in [0.2, 0.25) is 0 Å². The van der Waals surface area contributed by atoms with Gasteiger partial charge in [-0.2, -0.15) is 18.2 Å². The first-order valence-electron chi connectivity index (χ1n) is 10.7. The highest BCUT2D eigenvalue weighted by Crippen LogP contribution is 2.38. The van der Waals surface area contributed by atoms with Gasteiger partial charge in [-0.3, -0.25) is 0 Å². The van der Waals surface area contributed by atoms with Crippen molar-refractivity contribution in [3.8, 4) is 0 Å². The Morgan fingerprint density at radius 3 is 2.70 bits per heavy atom. The molecular weight excluding hydrogens is 429 g/mol. The van der Waals surface area contributed by atoms with Gasteiger partial charge in [0.2, 0.25) is 5.95 Å². The lowest BCUT2D eigenvalue weighted by atomic mass is 9.97. The number of nitrogens with one attached hydrogen (secondary N) is 4. The normalized spacial score (nSPS) is 15.0. The van der Waals surface area contributed by atoms with E-state index in [1.807, 2.05) is 19.1 Å². The molecule has 0 spiro atoms. The SMILES string of the molecule is C=C1NCc2cccc(Nc3nc(Nc4cc5c(cc4C)CCNC5)ncc3C(F)(F)F)c21. The van der Waals surface area contributed by atoms with Crippen LogP contribution in [0.5, 0.6) is 0 Å². The Morgan fingerprint density at radius 2 is 1.88 bits per heavy atom. The summed E-state index contributed by atoms with van der Waals surface area (Å²) in [6, 6.07) is 9.53. The molecule has 33 heavy (non-hydrogen) atoms. The van der Waals surface area contributed by atoms with Crippen LogP contribution in [0, 0.1) is 6.92 Å². The largest absolute Gasteiger partial charge is 0.421 e. The summed E-state index contributed by atoms with van der Waals surface area (Å²) in [4.78, 5) is 8.17. The minimum Gasteiger partial charge on any atom is -0.381 e. The Bertz CT molecular complexity index is 1250. The van der Waals surface area contributed by atoms with Gasteiger partial charge in [-0.25, -0.2) is 4.98 Å². The Hall–Kier alpha value is -3.59. The van der Waals surface area contributed by atoms with Crippen molar-refractivity contribution in [2.45, 2.75) is 32.6 Å². The zero-order chi connectivity index (χ0) is 23.2. The standard InChI is InChI=1S/C24H23F3N6/c1-13-8-15-6-7-28-10-17(15)9-20(13)32-23-30-12-18(24(25,26)27)22(33-23)31-19-5-3-4-16-11-29-14(2)21(16)19/h3-5,8-9,12,28-29H,2,6-7,10-11H2,1H3,(H2,30,31,32,33). The molecule has 4 N–H and O–H groups in total. The van der Waals surface area contributed by atoms with Crippen molar-refractivity contribution in [3.05, 3.63) is 76.5 Å². The van der Waals surface area contributed by atoms with Crippen molar-refractivity contribution in [1.82, 2.24) is 20.6 Å². The Labute approximate surface area is 189 Å². The molecule has 0 atom stereocenters. The minimum absolute atomic E-state index is 0.0850. The lowest BCUT2D eigenvalue weighted by Gasteiger charge is -2.20. The molecule has 9 heteroatoms. The Balaban J connectivity index is 1.51. The smallest absolute Gasteiger partial charge is 0.381 e. The topological polar surface area (TPSA) is 73.9 Å². The van der Waals surface area contributed by atoms with E-state index in [-0.39, 0.29) is 11.8 Å². The molecule has 0 aliphatic carbocycles. The Kier molecular flexibility index (Phi) is 5.20. The zero-order valence-corrected chi connectivity index (χ0v) is 18.0. The van der Waals surface area contributed by atoms with Crippen LogP contribution in [0.4, 0.5) is 36.3 Å². The van der Waals surface area contributed by atoms with Gasteiger partial charge >= 0.3 is 6.18 Å². The fourth-order valence-electron chi connectivity index (χ4n) is 4.28. The third kappa shape index (κ3) is 4.11. The van der Waals surface area contributed by atoms with Crippen molar-refractivity contribution in [3.63, 3.8) is 0 Å². The van der Waals surface area contributed by atoms with Crippen LogP contribution >= 0.6 is 0 Å². The van der Waals surface area contributed by atoms with E-state index < -0.39 is 11.7 Å². The number of hydrogen-bond donors (Lipinski definition) is 4. The monoisotopic (exact) mass is 452 g/mol. The molecule has 0 radical (unpaired) electrons. The van der Waals surface area contributed by atoms with Crippen LogP contribution < -0.4 is 21.3 Å². The molecule has 0 saturated heterocycles. The number of fused-ring (bicyclic) bond motifs is 2. The van der Waals surface area contributed by atoms with Gasteiger partial charge in [0.25, 0.3) is 0 Å². The van der Waals surface area contributed by atoms with E-state index in [0.29, 0.717) is 17.9 Å². The number of rotatable bonds is 4. The molecule has 2 aliphatic rings. The zero-order valence-electron chi connectivity index (χ0n) is 18.0. The predicted molar refractivity (Wildman–Crippen MR) is 123 cm³/mol. The highest BCUT2D eigenvalue weighted by Gasteiger charge is 2.36. The molecule has 3 heterocycles. The molecule has 5 rings (SSSR count). The first kappa shape index (κ1) is 21.3. The van der Waals surface area contributed by atoms with Gasteiger partial charge in [-0.1, -0.05) is 24.8 Å². The molecule has 0 bridgehead atoms. The van der Waals surface area contributed by atoms with E-state index in [4.69, 9.17) is 0 Å². The van der Waals surface area contributed by atoms with Crippen molar-refractivity contribution < 1.29 is 13.2 Å². The number of alkyl halides is 3. The Morgan fingerprint density at radius 1 is 1.03 bits per heavy atom. The fraction of sp³-hybridized carbons (Fsp3) is 0.250. The maximum Gasteiger partial charge on any atom is 0.421 e. The van der Waals surface area contributed by atoms with E-state index in [0.717, 1.165) is 53.6 Å². The van der Waals surface area contributed by atoms with E-state index in [9.17, 15) is 13.2 Å². The summed E-state index contributed by atoms with van der Waals surface area (Å²) >= 11 is 0. The van der Waals surface area contributed by atoms with Crippen LogP contribution in [-0.4, -0.2) is 16.5 Å². The minimum atomic E-state index is -4.61. The molecule has 0 amide bonds. The molecule has 170 valence electrons. The van der Waals surface area contributed by atoms with Gasteiger partial charge in [-0.15, -0.1) is 0 Å². The van der Waals surface area contributed by atoms with Gasteiger partial charge in [0.05, 0.1) is 0 Å². The van der Waals surface area contributed by atoms with Gasteiger partial charge in [-0.05, 0) is 54.3 Å². The van der Waals surface area contributed by atoms with E-state index in [1.165, 1.54) is 5.56 Å². The van der Waals surface area contributed by atoms with Gasteiger partial charge in [0.15, 0.2) is 0 Å². The average Bonchev–Trinajstić information content (AvgIpc) is 3.15. The summed E-state index contributed by atoms with van der Waals surface area (Å²) in [7, 11) is 0. The third-order valence-electron chi connectivity index (χ3n) is 5.97. The summed E-state index contributed by atoms with van der Waals surface area (Å²) in [5, 5.41) is 12.4. The molecule has 2 aromatic carbocycles. The maximum atomic E-state index is 13.7. The van der Waals surface area contributed by atoms with E-state index >= 15 is 0 Å². The van der Waals surface area contributed by atoms with Crippen molar-refractivity contribution >= 4 is 28.8 Å². The van der Waals surface area contributed by atoms with E-state index in [2.05, 4.69) is 43.9 Å². The summed E-state index contributed by atoms with van der Waals surface area (Å²) < 4.78 is 41.2. The lowest BCUT2D eigenvalue weighted by molar-refractivity contribution is -0.137. The fourth-order valence-corrected chi connectivity index (χ4v) is 4.28. The molecular formula is C24H23F3N6. The molecule has 0 saturated carbocycles. The quantitative estimate of drug-likeness (QED) is 0.446. The number of anilines is 4. The van der Waals surface area contributed by atoms with Crippen LogP contribution in [0.25, 0.3) is 5.70 Å². The summed E-state index contributed by atoms with van der Waals surface area (Å²) in [5.74, 6) is -0.229. The second kappa shape index (κ2) is 8.08. The first-order chi connectivity index (χ1) is 15.8. The van der Waals surface area contributed by atoms with Crippen LogP contribution in [0.3, 0.4) is 0 Å². The molecule has 1 aromatic heterocycles. The number of aryl methyl sites for hydroxylation is 1. The highest BCUT2D eigenvalue weighted by molar-refractivity contribution is 5.82. The molecule has 0 unspecified atom stereocenters. The predicted octanol–water partition coefficient (Wildman–Crippen LogP) is 5.01. The number of benzene rings is 2. The number of aromatic nitrogens is 2. The molecule has 6 nitrogen and oxygen atoms in total. The van der Waals surface area contributed by atoms with Crippen molar-refractivity contribution in [2.75, 3.05) is 17.2 Å². The second-order valence-corrected chi connectivity index (χ2v) is 8.24. The molecule has 2 aliphatic heterocycles. The highest BCUT2D eigenvalue weighted by atomic mass is 19.4. The van der Waals surface area contributed by atoms with Crippen LogP contribution in [-0.2, 0) is 25.7 Å². The first-order valence-corrected chi connectivity index (χ1v) is 10.7. The van der Waals surface area contributed by atoms with Gasteiger partial charge < -0.3 is 21.3 Å². The third-order valence-corrected chi connectivity index (χ3v) is 5.97. The lowest BCUT2D eigenvalue weighted by Crippen LogP contribution is -2.23. The molecule has 0 fully saturated rings. The number of nitrogens with zero attached hydrogens (tertiary/aromatic N) is 2. The second-order valence-electron chi connectivity index (χ2n) is 8.24.